The van der Waals surface area contributed by atoms with Crippen LogP contribution in [-0.2, 0) is 32.3 Å². The fraction of sp³-hybridized carbons (Fsp3) is 0.429. The summed E-state index contributed by atoms with van der Waals surface area (Å²) in [5.41, 5.74) is 1.28. The van der Waals surface area contributed by atoms with Crippen LogP contribution in [0.1, 0.15) is 34.1 Å². The molecule has 0 spiro atoms. The van der Waals surface area contributed by atoms with Crippen molar-refractivity contribution in [3.63, 3.8) is 0 Å². The third-order valence-electron chi connectivity index (χ3n) is 5.24. The minimum atomic E-state index is -3.63. The van der Waals surface area contributed by atoms with E-state index in [-0.39, 0.29) is 17.1 Å². The number of thiophene rings is 1. The number of carbonyl (C=O) groups is 2. The number of nitrogens with zero attached hydrogens (tertiary/aromatic N) is 1. The number of methoxy groups -OCH3 is 2. The molecule has 0 saturated carbocycles. The van der Waals surface area contributed by atoms with Gasteiger partial charge < -0.3 is 14.8 Å². The molecule has 1 aromatic carbocycles. The summed E-state index contributed by atoms with van der Waals surface area (Å²) in [5, 5.41) is 3.15. The molecule has 0 aliphatic carbocycles. The Labute approximate surface area is 186 Å². The van der Waals surface area contributed by atoms with Gasteiger partial charge in [-0.1, -0.05) is 6.92 Å². The topological polar surface area (TPSA) is 102 Å². The first-order valence-corrected chi connectivity index (χ1v) is 12.4. The van der Waals surface area contributed by atoms with Crippen molar-refractivity contribution in [2.75, 3.05) is 38.4 Å². The molecule has 1 N–H and O–H groups in total. The number of hydrogen-bond acceptors (Lipinski definition) is 8. The van der Waals surface area contributed by atoms with E-state index in [1.807, 2.05) is 0 Å². The first-order chi connectivity index (χ1) is 14.8. The number of amides is 1. The van der Waals surface area contributed by atoms with Gasteiger partial charge in [-0.05, 0) is 42.8 Å². The Balaban J connectivity index is 1.72. The van der Waals surface area contributed by atoms with Crippen molar-refractivity contribution in [3.05, 3.63) is 40.3 Å². The summed E-state index contributed by atoms with van der Waals surface area (Å²) >= 11 is 1.35. The van der Waals surface area contributed by atoms with Gasteiger partial charge in [0, 0.05) is 24.4 Å². The van der Waals surface area contributed by atoms with Crippen LogP contribution in [0.2, 0.25) is 0 Å². The second-order valence-electron chi connectivity index (χ2n) is 7.11. The van der Waals surface area contributed by atoms with Crippen LogP contribution in [0.25, 0.3) is 0 Å². The monoisotopic (exact) mass is 466 g/mol. The zero-order valence-electron chi connectivity index (χ0n) is 17.8. The first kappa shape index (κ1) is 23.2. The van der Waals surface area contributed by atoms with Crippen LogP contribution in [0, 0.1) is 0 Å². The molecule has 0 unspecified atom stereocenters. The molecule has 3 rings (SSSR count). The fourth-order valence-corrected chi connectivity index (χ4v) is 5.98. The molecule has 31 heavy (non-hydrogen) atoms. The second-order valence-corrected chi connectivity index (χ2v) is 10.3. The van der Waals surface area contributed by atoms with Crippen molar-refractivity contribution in [3.8, 4) is 5.75 Å². The number of sulfone groups is 1. The Morgan fingerprint density at radius 1 is 1.19 bits per heavy atom. The van der Waals surface area contributed by atoms with E-state index < -0.39 is 21.7 Å². The highest BCUT2D eigenvalue weighted by atomic mass is 32.2. The molecule has 1 amide bonds. The van der Waals surface area contributed by atoms with Crippen molar-refractivity contribution in [1.29, 1.82) is 0 Å². The molecule has 0 saturated heterocycles. The molecule has 0 bridgehead atoms. The standard InChI is InChI=1S/C21H26N2O6S2/c1-4-23-11-9-16-17(13-23)30-20(19(16)21(25)29-3)22-18(24)10-12-31(26,27)15-7-5-14(28-2)6-8-15/h5-8H,4,9-13H2,1-3H3,(H,22,24). The molecular weight excluding hydrogens is 440 g/mol. The molecule has 2 aromatic rings. The summed E-state index contributed by atoms with van der Waals surface area (Å²) in [6.07, 6.45) is 0.477. The lowest BCUT2D eigenvalue weighted by molar-refractivity contribution is -0.115. The van der Waals surface area contributed by atoms with Crippen LogP contribution in [0.5, 0.6) is 5.75 Å². The number of nitrogens with one attached hydrogen (secondary N) is 1. The molecule has 1 aliphatic rings. The second kappa shape index (κ2) is 9.80. The number of esters is 1. The number of likely N-dealkylation sites (N-methyl/N-ethyl adjacent to an activating group) is 1. The largest absolute Gasteiger partial charge is 0.497 e. The van der Waals surface area contributed by atoms with Gasteiger partial charge in [0.15, 0.2) is 9.84 Å². The number of hydrogen-bond donors (Lipinski definition) is 1. The van der Waals surface area contributed by atoms with Crippen molar-refractivity contribution in [2.45, 2.75) is 31.2 Å². The molecule has 8 nitrogen and oxygen atoms in total. The summed E-state index contributed by atoms with van der Waals surface area (Å²) in [7, 11) is -0.823. The van der Waals surface area contributed by atoms with Crippen molar-refractivity contribution < 1.29 is 27.5 Å². The van der Waals surface area contributed by atoms with E-state index in [4.69, 9.17) is 9.47 Å². The lowest BCUT2D eigenvalue weighted by Crippen LogP contribution is -2.30. The molecular formula is C21H26N2O6S2. The third kappa shape index (κ3) is 5.25. The lowest BCUT2D eigenvalue weighted by atomic mass is 10.0. The van der Waals surface area contributed by atoms with E-state index in [1.54, 1.807) is 12.1 Å². The summed E-state index contributed by atoms with van der Waals surface area (Å²) < 4.78 is 35.0. The molecule has 1 aromatic heterocycles. The molecule has 0 radical (unpaired) electrons. The Hall–Kier alpha value is -2.43. The number of carbonyl (C=O) groups excluding carboxylic acids is 2. The molecule has 1 aliphatic heterocycles. The highest BCUT2D eigenvalue weighted by Crippen LogP contribution is 2.37. The Morgan fingerprint density at radius 3 is 2.52 bits per heavy atom. The Bertz CT molecular complexity index is 1060. The van der Waals surface area contributed by atoms with Crippen LogP contribution >= 0.6 is 11.3 Å². The zero-order valence-corrected chi connectivity index (χ0v) is 19.4. The Morgan fingerprint density at radius 2 is 1.90 bits per heavy atom. The minimum Gasteiger partial charge on any atom is -0.497 e. The number of anilines is 1. The minimum absolute atomic E-state index is 0.127. The van der Waals surface area contributed by atoms with Gasteiger partial charge in [-0.3, -0.25) is 9.69 Å². The van der Waals surface area contributed by atoms with E-state index >= 15 is 0 Å². The molecule has 168 valence electrons. The van der Waals surface area contributed by atoms with Crippen LogP contribution < -0.4 is 10.1 Å². The van der Waals surface area contributed by atoms with Crippen molar-refractivity contribution in [1.82, 2.24) is 4.90 Å². The highest BCUT2D eigenvalue weighted by molar-refractivity contribution is 7.91. The van der Waals surface area contributed by atoms with Crippen LogP contribution in [0.3, 0.4) is 0 Å². The van der Waals surface area contributed by atoms with E-state index in [0.717, 1.165) is 23.5 Å². The highest BCUT2D eigenvalue weighted by Gasteiger charge is 2.29. The van der Waals surface area contributed by atoms with E-state index in [1.165, 1.54) is 37.7 Å². The van der Waals surface area contributed by atoms with Gasteiger partial charge in [0.25, 0.3) is 0 Å². The predicted octanol–water partition coefficient (Wildman–Crippen LogP) is 2.72. The molecule has 2 heterocycles. The Kier molecular flexibility index (Phi) is 7.34. The summed E-state index contributed by atoms with van der Waals surface area (Å²) in [6, 6.07) is 6.03. The first-order valence-electron chi connectivity index (χ1n) is 9.91. The normalized spacial score (nSPS) is 14.0. The van der Waals surface area contributed by atoms with Crippen molar-refractivity contribution in [2.24, 2.45) is 0 Å². The quantitative estimate of drug-likeness (QED) is 0.597. The maximum Gasteiger partial charge on any atom is 0.341 e. The van der Waals surface area contributed by atoms with Gasteiger partial charge >= 0.3 is 5.97 Å². The average Bonchev–Trinajstić information content (AvgIpc) is 3.13. The van der Waals surface area contributed by atoms with Crippen molar-refractivity contribution >= 4 is 38.1 Å². The van der Waals surface area contributed by atoms with Crippen LogP contribution in [0.15, 0.2) is 29.2 Å². The summed E-state index contributed by atoms with van der Waals surface area (Å²) in [6.45, 7) is 4.52. The number of benzene rings is 1. The maximum atomic E-state index is 12.5. The summed E-state index contributed by atoms with van der Waals surface area (Å²) in [5.74, 6) is -0.750. The molecule has 0 fully saturated rings. The van der Waals surface area contributed by atoms with E-state index in [2.05, 4.69) is 17.1 Å². The third-order valence-corrected chi connectivity index (χ3v) is 8.11. The van der Waals surface area contributed by atoms with Crippen LogP contribution in [0.4, 0.5) is 5.00 Å². The van der Waals surface area contributed by atoms with Gasteiger partial charge in [-0.2, -0.15) is 0 Å². The van der Waals surface area contributed by atoms with Gasteiger partial charge in [0.1, 0.15) is 10.8 Å². The molecule has 10 heteroatoms. The number of ether oxygens (including phenoxy) is 2. The SMILES string of the molecule is CCN1CCc2c(sc(NC(=O)CCS(=O)(=O)c3ccc(OC)cc3)c2C(=O)OC)C1. The maximum absolute atomic E-state index is 12.5. The van der Waals surface area contributed by atoms with Crippen LogP contribution in [-0.4, -0.2) is 58.3 Å². The average molecular weight is 467 g/mol. The smallest absolute Gasteiger partial charge is 0.341 e. The van der Waals surface area contributed by atoms with Gasteiger partial charge in [0.05, 0.1) is 30.4 Å². The molecule has 0 atom stereocenters. The number of rotatable bonds is 8. The summed E-state index contributed by atoms with van der Waals surface area (Å²) in [4.78, 5) is 28.3. The fourth-order valence-electron chi connectivity index (χ4n) is 3.45. The number of fused-ring (bicyclic) bond motifs is 1. The lowest BCUT2D eigenvalue weighted by Gasteiger charge is -2.25. The van der Waals surface area contributed by atoms with E-state index in [0.29, 0.717) is 29.3 Å². The van der Waals surface area contributed by atoms with Gasteiger partial charge in [-0.25, -0.2) is 13.2 Å². The van der Waals surface area contributed by atoms with Gasteiger partial charge in [-0.15, -0.1) is 11.3 Å². The van der Waals surface area contributed by atoms with Gasteiger partial charge in [0.2, 0.25) is 5.91 Å². The zero-order chi connectivity index (χ0) is 22.6. The van der Waals surface area contributed by atoms with E-state index in [9.17, 15) is 18.0 Å². The predicted molar refractivity (Wildman–Crippen MR) is 119 cm³/mol.